The van der Waals surface area contributed by atoms with Crippen LogP contribution < -0.4 is 0 Å². The largest absolute Gasteiger partial charge is 0.465 e. The molecule has 0 amide bonds. The second kappa shape index (κ2) is 5.50. The summed E-state index contributed by atoms with van der Waals surface area (Å²) in [6.07, 6.45) is 3.64. The molecule has 0 unspecified atom stereocenters. The molecule has 1 aliphatic heterocycles. The van der Waals surface area contributed by atoms with E-state index in [1.165, 1.54) is 19.3 Å². The highest BCUT2D eigenvalue weighted by molar-refractivity contribution is 5.71. The molecule has 0 radical (unpaired) electrons. The maximum atomic E-state index is 11.3. The first kappa shape index (κ1) is 12.5. The molecule has 15 heavy (non-hydrogen) atoms. The van der Waals surface area contributed by atoms with Crippen molar-refractivity contribution in [3.05, 3.63) is 0 Å². The van der Waals surface area contributed by atoms with Crippen LogP contribution >= 0.6 is 0 Å². The summed E-state index contributed by atoms with van der Waals surface area (Å²) in [4.78, 5) is 13.5. The summed E-state index contributed by atoms with van der Waals surface area (Å²) in [5, 5.41) is 0. The quantitative estimate of drug-likeness (QED) is 0.655. The second-order valence-electron chi connectivity index (χ2n) is 4.47. The van der Waals surface area contributed by atoms with Gasteiger partial charge in [-0.05, 0) is 38.1 Å². The van der Waals surface area contributed by atoms with E-state index in [1.807, 2.05) is 6.92 Å². The van der Waals surface area contributed by atoms with Crippen molar-refractivity contribution >= 4 is 5.97 Å². The van der Waals surface area contributed by atoms with Crippen LogP contribution in [0.2, 0.25) is 0 Å². The van der Waals surface area contributed by atoms with Crippen molar-refractivity contribution in [2.45, 2.75) is 40.0 Å². The van der Waals surface area contributed by atoms with Crippen LogP contribution in [0.5, 0.6) is 0 Å². The van der Waals surface area contributed by atoms with E-state index in [2.05, 4.69) is 18.7 Å². The maximum absolute atomic E-state index is 11.3. The number of carbonyl (C=O) groups excluding carboxylic acids is 1. The van der Waals surface area contributed by atoms with Crippen LogP contribution in [-0.2, 0) is 9.53 Å². The Morgan fingerprint density at radius 3 is 2.47 bits per heavy atom. The van der Waals surface area contributed by atoms with Crippen LogP contribution in [0.4, 0.5) is 0 Å². The van der Waals surface area contributed by atoms with Gasteiger partial charge in [0.15, 0.2) is 0 Å². The molecule has 88 valence electrons. The van der Waals surface area contributed by atoms with E-state index in [4.69, 9.17) is 4.74 Å². The molecule has 1 heterocycles. The lowest BCUT2D eigenvalue weighted by atomic mass is 9.82. The Morgan fingerprint density at radius 1 is 1.33 bits per heavy atom. The Morgan fingerprint density at radius 2 is 2.00 bits per heavy atom. The number of ether oxygens (including phenoxy) is 1. The van der Waals surface area contributed by atoms with E-state index in [0.717, 1.165) is 13.1 Å². The molecule has 0 N–H and O–H groups in total. The molecule has 1 aliphatic rings. The topological polar surface area (TPSA) is 29.5 Å². The van der Waals surface area contributed by atoms with Gasteiger partial charge in [-0.1, -0.05) is 13.8 Å². The molecule has 0 saturated carbocycles. The standard InChI is InChI=1S/C12H23NO2/c1-4-12(5-2)7-8-13(10-12)9-11(14)15-6-3/h4-10H2,1-3H3. The minimum absolute atomic E-state index is 0.0829. The van der Waals surface area contributed by atoms with E-state index in [-0.39, 0.29) is 5.97 Å². The minimum atomic E-state index is -0.0829. The summed E-state index contributed by atoms with van der Waals surface area (Å²) < 4.78 is 4.96. The molecule has 0 spiro atoms. The molecule has 0 aromatic carbocycles. The maximum Gasteiger partial charge on any atom is 0.320 e. The molecule has 0 aromatic heterocycles. The van der Waals surface area contributed by atoms with Gasteiger partial charge < -0.3 is 4.74 Å². The number of hydrogen-bond acceptors (Lipinski definition) is 3. The van der Waals surface area contributed by atoms with Crippen LogP contribution in [0.25, 0.3) is 0 Å². The zero-order valence-corrected chi connectivity index (χ0v) is 10.2. The molecule has 1 saturated heterocycles. The highest BCUT2D eigenvalue weighted by Gasteiger charge is 2.35. The number of likely N-dealkylation sites (tertiary alicyclic amines) is 1. The third-order valence-corrected chi connectivity index (χ3v) is 3.68. The first-order valence-corrected chi connectivity index (χ1v) is 6.03. The zero-order valence-electron chi connectivity index (χ0n) is 10.2. The fourth-order valence-corrected chi connectivity index (χ4v) is 2.38. The Hall–Kier alpha value is -0.570. The number of hydrogen-bond donors (Lipinski definition) is 0. The lowest BCUT2D eigenvalue weighted by Crippen LogP contribution is -2.31. The smallest absolute Gasteiger partial charge is 0.320 e. The zero-order chi connectivity index (χ0) is 11.3. The third-order valence-electron chi connectivity index (χ3n) is 3.68. The lowest BCUT2D eigenvalue weighted by Gasteiger charge is -2.26. The van der Waals surface area contributed by atoms with Gasteiger partial charge in [0, 0.05) is 6.54 Å². The molecule has 3 nitrogen and oxygen atoms in total. The molecule has 3 heteroatoms. The average Bonchev–Trinajstić information content (AvgIpc) is 2.63. The van der Waals surface area contributed by atoms with E-state index in [0.29, 0.717) is 18.6 Å². The number of carbonyl (C=O) groups is 1. The predicted octanol–water partition coefficient (Wildman–Crippen LogP) is 2.06. The summed E-state index contributed by atoms with van der Waals surface area (Å²) in [5.74, 6) is -0.0829. The molecule has 0 atom stereocenters. The van der Waals surface area contributed by atoms with Crippen molar-refractivity contribution in [2.75, 3.05) is 26.2 Å². The van der Waals surface area contributed by atoms with Crippen molar-refractivity contribution < 1.29 is 9.53 Å². The lowest BCUT2D eigenvalue weighted by molar-refractivity contribution is -0.144. The van der Waals surface area contributed by atoms with E-state index >= 15 is 0 Å². The van der Waals surface area contributed by atoms with Gasteiger partial charge >= 0.3 is 5.97 Å². The molecular weight excluding hydrogens is 190 g/mol. The van der Waals surface area contributed by atoms with E-state index in [1.54, 1.807) is 0 Å². The first-order chi connectivity index (χ1) is 7.15. The molecule has 0 bridgehead atoms. The Balaban J connectivity index is 2.39. The van der Waals surface area contributed by atoms with Gasteiger partial charge in [-0.15, -0.1) is 0 Å². The van der Waals surface area contributed by atoms with Gasteiger partial charge in [0.25, 0.3) is 0 Å². The van der Waals surface area contributed by atoms with E-state index < -0.39 is 0 Å². The van der Waals surface area contributed by atoms with Crippen molar-refractivity contribution in [1.82, 2.24) is 4.90 Å². The minimum Gasteiger partial charge on any atom is -0.465 e. The van der Waals surface area contributed by atoms with Gasteiger partial charge in [0.2, 0.25) is 0 Å². The molecule has 0 aliphatic carbocycles. The van der Waals surface area contributed by atoms with Crippen LogP contribution in [0.15, 0.2) is 0 Å². The van der Waals surface area contributed by atoms with Crippen molar-refractivity contribution in [2.24, 2.45) is 5.41 Å². The predicted molar refractivity (Wildman–Crippen MR) is 60.7 cm³/mol. The molecule has 1 fully saturated rings. The fourth-order valence-electron chi connectivity index (χ4n) is 2.38. The summed E-state index contributed by atoms with van der Waals surface area (Å²) in [7, 11) is 0. The number of nitrogens with zero attached hydrogens (tertiary/aromatic N) is 1. The molecule has 0 aromatic rings. The summed E-state index contributed by atoms with van der Waals surface area (Å²) >= 11 is 0. The third kappa shape index (κ3) is 3.20. The van der Waals surface area contributed by atoms with Gasteiger partial charge in [-0.3, -0.25) is 9.69 Å². The fraction of sp³-hybridized carbons (Fsp3) is 0.917. The Labute approximate surface area is 92.8 Å². The number of esters is 1. The van der Waals surface area contributed by atoms with E-state index in [9.17, 15) is 4.79 Å². The monoisotopic (exact) mass is 213 g/mol. The van der Waals surface area contributed by atoms with Crippen LogP contribution in [0.3, 0.4) is 0 Å². The summed E-state index contributed by atoms with van der Waals surface area (Å²) in [6.45, 7) is 9.40. The second-order valence-corrected chi connectivity index (χ2v) is 4.47. The SMILES string of the molecule is CCOC(=O)CN1CCC(CC)(CC)C1. The van der Waals surface area contributed by atoms with Crippen molar-refractivity contribution in [3.63, 3.8) is 0 Å². The van der Waals surface area contributed by atoms with Crippen LogP contribution in [0, 0.1) is 5.41 Å². The Kier molecular flexibility index (Phi) is 4.58. The van der Waals surface area contributed by atoms with Crippen molar-refractivity contribution in [1.29, 1.82) is 0 Å². The first-order valence-electron chi connectivity index (χ1n) is 6.03. The van der Waals surface area contributed by atoms with Gasteiger partial charge in [0.05, 0.1) is 13.2 Å². The van der Waals surface area contributed by atoms with Crippen molar-refractivity contribution in [3.8, 4) is 0 Å². The Bertz CT molecular complexity index is 212. The van der Waals surface area contributed by atoms with Crippen LogP contribution in [0.1, 0.15) is 40.0 Å². The molecule has 1 rings (SSSR count). The summed E-state index contributed by atoms with van der Waals surface area (Å²) in [6, 6.07) is 0. The molecular formula is C12H23NO2. The van der Waals surface area contributed by atoms with Gasteiger partial charge in [-0.2, -0.15) is 0 Å². The number of rotatable bonds is 5. The highest BCUT2D eigenvalue weighted by Crippen LogP contribution is 2.36. The average molecular weight is 213 g/mol. The van der Waals surface area contributed by atoms with Gasteiger partial charge in [-0.25, -0.2) is 0 Å². The normalized spacial score (nSPS) is 20.5. The van der Waals surface area contributed by atoms with Gasteiger partial charge in [0.1, 0.15) is 0 Å². The summed E-state index contributed by atoms with van der Waals surface area (Å²) in [5.41, 5.74) is 0.451. The highest BCUT2D eigenvalue weighted by atomic mass is 16.5. The van der Waals surface area contributed by atoms with Crippen LogP contribution in [-0.4, -0.2) is 37.1 Å².